The summed E-state index contributed by atoms with van der Waals surface area (Å²) < 4.78 is 27.2. The molecule has 1 saturated heterocycles. The molecule has 0 spiro atoms. The Kier molecular flexibility index (Phi) is 6.72. The maximum Gasteiger partial charge on any atom is 0.254 e. The van der Waals surface area contributed by atoms with Crippen LogP contribution in [0.1, 0.15) is 35.7 Å². The highest BCUT2D eigenvalue weighted by atomic mass is 16.7. The Morgan fingerprint density at radius 2 is 1.65 bits per heavy atom. The third-order valence-electron chi connectivity index (χ3n) is 6.11. The fourth-order valence-corrected chi connectivity index (χ4v) is 4.49. The highest BCUT2D eigenvalue weighted by molar-refractivity contribution is 5.96. The van der Waals surface area contributed by atoms with Gasteiger partial charge in [0.2, 0.25) is 18.4 Å². The Hall–Kier alpha value is -3.62. The van der Waals surface area contributed by atoms with Crippen LogP contribution in [0.25, 0.3) is 0 Å². The van der Waals surface area contributed by atoms with Crippen molar-refractivity contribution in [3.8, 4) is 28.7 Å². The van der Waals surface area contributed by atoms with Gasteiger partial charge in [0.15, 0.2) is 23.0 Å². The number of benzene rings is 2. The summed E-state index contributed by atoms with van der Waals surface area (Å²) in [7, 11) is 4.64. The number of likely N-dealkylation sites (tertiary alicyclic amines) is 1. The zero-order valence-corrected chi connectivity index (χ0v) is 20.0. The van der Waals surface area contributed by atoms with Crippen molar-refractivity contribution < 1.29 is 33.3 Å². The molecule has 0 bridgehead atoms. The van der Waals surface area contributed by atoms with Crippen LogP contribution in [0.15, 0.2) is 30.3 Å². The summed E-state index contributed by atoms with van der Waals surface area (Å²) in [6.07, 6.45) is 0. The van der Waals surface area contributed by atoms with Gasteiger partial charge in [0.05, 0.1) is 27.2 Å². The van der Waals surface area contributed by atoms with Crippen molar-refractivity contribution in [2.75, 3.05) is 41.2 Å². The lowest BCUT2D eigenvalue weighted by Gasteiger charge is -2.21. The molecule has 2 amide bonds. The topological polar surface area (TPSA) is 95.6 Å². The van der Waals surface area contributed by atoms with E-state index in [2.05, 4.69) is 5.32 Å². The first-order chi connectivity index (χ1) is 16.4. The quantitative estimate of drug-likeness (QED) is 0.665. The molecule has 0 unspecified atom stereocenters. The van der Waals surface area contributed by atoms with Crippen LogP contribution in [0.4, 0.5) is 0 Å². The Morgan fingerprint density at radius 1 is 0.971 bits per heavy atom. The van der Waals surface area contributed by atoms with Crippen LogP contribution in [0, 0.1) is 5.92 Å². The highest BCUT2D eigenvalue weighted by Gasteiger charge is 2.41. The van der Waals surface area contributed by atoms with E-state index in [1.807, 2.05) is 26.0 Å². The van der Waals surface area contributed by atoms with Crippen molar-refractivity contribution in [2.24, 2.45) is 5.92 Å². The van der Waals surface area contributed by atoms with Gasteiger partial charge < -0.3 is 33.9 Å². The standard InChI is InChI=1S/C25H30N2O7/c1-14(2)26-24(28)18-12-27(25(29)15-6-7-19-20(8-15)34-13-33-19)11-17(18)16-9-21(30-3)23(32-5)22(10-16)31-4/h6-10,14,17-18H,11-13H2,1-5H3,(H,26,28)/t17-,18+/m0/s1. The lowest BCUT2D eigenvalue weighted by molar-refractivity contribution is -0.125. The number of ether oxygens (including phenoxy) is 5. The fraction of sp³-hybridized carbons (Fsp3) is 0.440. The van der Waals surface area contributed by atoms with Gasteiger partial charge in [-0.1, -0.05) is 0 Å². The summed E-state index contributed by atoms with van der Waals surface area (Å²) in [5.74, 6) is 1.66. The lowest BCUT2D eigenvalue weighted by atomic mass is 9.87. The third kappa shape index (κ3) is 4.42. The average molecular weight is 471 g/mol. The van der Waals surface area contributed by atoms with Gasteiger partial charge in [-0.2, -0.15) is 0 Å². The molecule has 2 aliphatic rings. The fourth-order valence-electron chi connectivity index (χ4n) is 4.49. The van der Waals surface area contributed by atoms with E-state index in [-0.39, 0.29) is 37.1 Å². The molecule has 9 heteroatoms. The van der Waals surface area contributed by atoms with E-state index in [1.165, 1.54) is 0 Å². The number of hydrogen-bond acceptors (Lipinski definition) is 7. The molecule has 0 saturated carbocycles. The Balaban J connectivity index is 1.67. The molecule has 2 heterocycles. The van der Waals surface area contributed by atoms with E-state index in [1.54, 1.807) is 44.4 Å². The number of carbonyl (C=O) groups is 2. The molecule has 9 nitrogen and oxygen atoms in total. The van der Waals surface area contributed by atoms with Gasteiger partial charge in [-0.3, -0.25) is 9.59 Å². The van der Waals surface area contributed by atoms with E-state index in [0.29, 0.717) is 40.9 Å². The molecule has 4 rings (SSSR count). The number of methoxy groups -OCH3 is 3. The molecule has 34 heavy (non-hydrogen) atoms. The van der Waals surface area contributed by atoms with Gasteiger partial charge in [0, 0.05) is 30.6 Å². The monoisotopic (exact) mass is 470 g/mol. The molecule has 2 aromatic carbocycles. The molecular formula is C25H30N2O7. The number of rotatable bonds is 7. The molecule has 2 atom stereocenters. The summed E-state index contributed by atoms with van der Waals surface area (Å²) in [4.78, 5) is 28.3. The third-order valence-corrected chi connectivity index (χ3v) is 6.11. The summed E-state index contributed by atoms with van der Waals surface area (Å²) in [6.45, 7) is 4.61. The van der Waals surface area contributed by atoms with E-state index >= 15 is 0 Å². The van der Waals surface area contributed by atoms with Crippen LogP contribution in [0.2, 0.25) is 0 Å². The van der Waals surface area contributed by atoms with Gasteiger partial charge in [0.25, 0.3) is 5.91 Å². The average Bonchev–Trinajstić information content (AvgIpc) is 3.49. The zero-order valence-electron chi connectivity index (χ0n) is 20.0. The first-order valence-electron chi connectivity index (χ1n) is 11.2. The predicted octanol–water partition coefficient (Wildman–Crippen LogP) is 2.82. The van der Waals surface area contributed by atoms with Crippen LogP contribution >= 0.6 is 0 Å². The molecule has 182 valence electrons. The molecule has 0 aromatic heterocycles. The van der Waals surface area contributed by atoms with E-state index < -0.39 is 5.92 Å². The number of nitrogens with zero attached hydrogens (tertiary/aromatic N) is 1. The van der Waals surface area contributed by atoms with Gasteiger partial charge in [-0.15, -0.1) is 0 Å². The summed E-state index contributed by atoms with van der Waals surface area (Å²) in [5, 5.41) is 3.00. The van der Waals surface area contributed by atoms with E-state index in [9.17, 15) is 9.59 Å². The van der Waals surface area contributed by atoms with Crippen LogP contribution < -0.4 is 29.0 Å². The molecule has 1 fully saturated rings. The molecular weight excluding hydrogens is 440 g/mol. The molecule has 2 aliphatic heterocycles. The summed E-state index contributed by atoms with van der Waals surface area (Å²) >= 11 is 0. The molecule has 0 radical (unpaired) electrons. The summed E-state index contributed by atoms with van der Waals surface area (Å²) in [5.41, 5.74) is 1.32. The van der Waals surface area contributed by atoms with Gasteiger partial charge >= 0.3 is 0 Å². The zero-order chi connectivity index (χ0) is 24.4. The van der Waals surface area contributed by atoms with Crippen LogP contribution in [-0.4, -0.2) is 64.0 Å². The van der Waals surface area contributed by atoms with Crippen molar-refractivity contribution in [1.29, 1.82) is 0 Å². The highest BCUT2D eigenvalue weighted by Crippen LogP contribution is 2.43. The van der Waals surface area contributed by atoms with Crippen molar-refractivity contribution >= 4 is 11.8 Å². The number of carbonyl (C=O) groups excluding carboxylic acids is 2. The predicted molar refractivity (Wildman–Crippen MR) is 124 cm³/mol. The van der Waals surface area contributed by atoms with Gasteiger partial charge in [0.1, 0.15) is 0 Å². The van der Waals surface area contributed by atoms with Crippen molar-refractivity contribution in [1.82, 2.24) is 10.2 Å². The first-order valence-corrected chi connectivity index (χ1v) is 11.2. The maximum absolute atomic E-state index is 13.4. The number of hydrogen-bond donors (Lipinski definition) is 1. The lowest BCUT2D eigenvalue weighted by Crippen LogP contribution is -2.39. The van der Waals surface area contributed by atoms with Gasteiger partial charge in [-0.25, -0.2) is 0 Å². The molecule has 1 N–H and O–H groups in total. The van der Waals surface area contributed by atoms with Crippen LogP contribution in [0.5, 0.6) is 28.7 Å². The first kappa shape index (κ1) is 23.5. The van der Waals surface area contributed by atoms with Crippen molar-refractivity contribution in [3.05, 3.63) is 41.5 Å². The van der Waals surface area contributed by atoms with E-state index in [0.717, 1.165) is 5.56 Å². The SMILES string of the molecule is COc1cc([C@@H]2CN(C(=O)c3ccc4c(c3)OCO4)C[C@H]2C(=O)NC(C)C)cc(OC)c1OC. The van der Waals surface area contributed by atoms with Crippen LogP contribution in [-0.2, 0) is 4.79 Å². The second-order valence-corrected chi connectivity index (χ2v) is 8.61. The minimum absolute atomic E-state index is 0.0216. The Morgan fingerprint density at radius 3 is 2.26 bits per heavy atom. The molecule has 0 aliphatic carbocycles. The van der Waals surface area contributed by atoms with E-state index in [4.69, 9.17) is 23.7 Å². The van der Waals surface area contributed by atoms with Gasteiger partial charge in [-0.05, 0) is 49.7 Å². The number of fused-ring (bicyclic) bond motifs is 1. The largest absolute Gasteiger partial charge is 0.493 e. The van der Waals surface area contributed by atoms with Crippen molar-refractivity contribution in [3.63, 3.8) is 0 Å². The number of nitrogens with one attached hydrogen (secondary N) is 1. The van der Waals surface area contributed by atoms with Crippen molar-refractivity contribution in [2.45, 2.75) is 25.8 Å². The summed E-state index contributed by atoms with van der Waals surface area (Å²) in [6, 6.07) is 8.79. The normalized spacial score (nSPS) is 18.7. The smallest absolute Gasteiger partial charge is 0.254 e. The second-order valence-electron chi connectivity index (χ2n) is 8.61. The maximum atomic E-state index is 13.4. The Bertz CT molecular complexity index is 1060. The minimum Gasteiger partial charge on any atom is -0.493 e. The van der Waals surface area contributed by atoms with Crippen LogP contribution in [0.3, 0.4) is 0 Å². The minimum atomic E-state index is -0.442. The molecule has 2 aromatic rings. The second kappa shape index (κ2) is 9.70. The Labute approximate surface area is 198 Å². The number of amides is 2.